The Hall–Kier alpha value is -14.8. The summed E-state index contributed by atoms with van der Waals surface area (Å²) >= 11 is 9.57. The van der Waals surface area contributed by atoms with Crippen molar-refractivity contribution in [2.75, 3.05) is 17.3 Å². The smallest absolute Gasteiger partial charge is 0.190 e. The molecule has 0 bridgehead atoms. The summed E-state index contributed by atoms with van der Waals surface area (Å²) < 4.78 is 219. The van der Waals surface area contributed by atoms with Gasteiger partial charge in [0.2, 0.25) is 0 Å². The lowest BCUT2D eigenvalue weighted by atomic mass is 10.0. The van der Waals surface area contributed by atoms with Gasteiger partial charge in [0, 0.05) is 169 Å². The molecule has 18 rings (SSSR count). The maximum atomic E-state index is 15.0. The second-order valence-electron chi connectivity index (χ2n) is 32.5. The Balaban J connectivity index is 0.000000150. The van der Waals surface area contributed by atoms with E-state index in [1.165, 1.54) is 70.1 Å². The molecule has 0 amide bonds. The van der Waals surface area contributed by atoms with Crippen molar-refractivity contribution < 1.29 is 93.6 Å². The molecule has 0 aliphatic rings. The molecule has 0 aliphatic carbocycles. The lowest BCUT2D eigenvalue weighted by molar-refractivity contribution is -0.210. The number of carbonyl (C=O) groups is 4. The Kier molecular flexibility index (Phi) is 32.0. The van der Waals surface area contributed by atoms with Crippen LogP contribution in [0.3, 0.4) is 0 Å². The third kappa shape index (κ3) is 24.6. The number of rotatable bonds is 31. The summed E-state index contributed by atoms with van der Waals surface area (Å²) in [7, 11) is -16.7. The van der Waals surface area contributed by atoms with E-state index in [4.69, 9.17) is 21.7 Å². The van der Waals surface area contributed by atoms with Crippen LogP contribution in [0.4, 0.5) is 36.4 Å². The van der Waals surface area contributed by atoms with Gasteiger partial charge in [0.05, 0.1) is 71.0 Å². The molecule has 18 aromatic rings. The Morgan fingerprint density at radius 2 is 0.858 bits per heavy atom. The van der Waals surface area contributed by atoms with E-state index in [1.807, 2.05) is 54.6 Å². The molecule has 1 unspecified atom stereocenters. The van der Waals surface area contributed by atoms with Crippen LogP contribution in [0, 0.1) is 47.6 Å². The Labute approximate surface area is 817 Å². The van der Waals surface area contributed by atoms with E-state index in [2.05, 4.69) is 51.1 Å². The fraction of sp³-hybridized carbons (Fsp3) is 0.146. The third-order valence-corrected chi connectivity index (χ3v) is 30.3. The van der Waals surface area contributed by atoms with Crippen LogP contribution in [-0.4, -0.2) is 128 Å². The average molecular weight is 2070 g/mol. The molecule has 25 nitrogen and oxygen atoms in total. The quantitative estimate of drug-likeness (QED) is 0.0239. The van der Waals surface area contributed by atoms with Crippen LogP contribution in [0.2, 0.25) is 5.15 Å². The number of hydrogen-bond donors (Lipinski definition) is 1. The van der Waals surface area contributed by atoms with E-state index in [-0.39, 0.29) is 117 Å². The number of halogens is 9. The summed E-state index contributed by atoms with van der Waals surface area (Å²) in [5.74, 6) is -10.1. The molecular formula is C103H84BrClF7N12O13S4+. The van der Waals surface area contributed by atoms with Gasteiger partial charge in [-0.15, -0.1) is 0 Å². The summed E-state index contributed by atoms with van der Waals surface area (Å²) in [4.78, 5) is 69.6. The number of sulfone groups is 4. The highest BCUT2D eigenvalue weighted by molar-refractivity contribution is 9.10. The van der Waals surface area contributed by atoms with Crippen LogP contribution in [-0.2, 0) is 110 Å². The maximum Gasteiger partial charge on any atom is 0.190 e. The lowest BCUT2D eigenvalue weighted by Crippen LogP contribution is -2.28. The molecule has 1 atom stereocenters. The topological polar surface area (TPSA) is 353 Å². The predicted octanol–water partition coefficient (Wildman–Crippen LogP) is 19.0. The maximum absolute atomic E-state index is 15.0. The van der Waals surface area contributed by atoms with Crippen LogP contribution in [0.25, 0.3) is 65.9 Å². The zero-order valence-electron chi connectivity index (χ0n) is 74.0. The summed E-state index contributed by atoms with van der Waals surface area (Å²) in [6.07, 6.45) is 14.1. The number of Topliss-reactive ketones (excluding diaryl/α,β-unsaturated/α-hetero) is 4. The number of nitrogens with zero attached hydrogens (tertiary/aromatic N) is 11. The zero-order valence-corrected chi connectivity index (χ0v) is 79.6. The van der Waals surface area contributed by atoms with E-state index >= 15 is 0 Å². The summed E-state index contributed by atoms with van der Waals surface area (Å²) in [6, 6.07) is 62.2. The number of fused-ring (bicyclic) bond motifs is 4. The first-order valence-electron chi connectivity index (χ1n) is 42.7. The van der Waals surface area contributed by atoms with Gasteiger partial charge < -0.3 is 22.8 Å². The van der Waals surface area contributed by atoms with Gasteiger partial charge >= 0.3 is 0 Å². The summed E-state index contributed by atoms with van der Waals surface area (Å²) in [6.45, 7) is 3.60. The number of nitrogens with two attached hydrogens (primary N) is 1. The van der Waals surface area contributed by atoms with E-state index in [0.717, 1.165) is 50.5 Å². The molecule has 0 saturated heterocycles. The van der Waals surface area contributed by atoms with Crippen LogP contribution in [0.1, 0.15) is 65.1 Å². The van der Waals surface area contributed by atoms with E-state index in [0.29, 0.717) is 85.2 Å². The first kappa shape index (κ1) is 102. The van der Waals surface area contributed by atoms with Gasteiger partial charge in [-0.25, -0.2) is 69.4 Å². The standard InChI is InChI=1S/C28H20ClF2N3O3S.C28H21F2N3O3S.C23H20BrFN2O4S.C23H18F2N4O3S.CH4/c29-28-23(8-4-10-33-28)19-6-3-5-18(11-19)15-34-16-26(27-24(31)12-20(30)13-25(27)34)38(36,37)17-22(35)14-21-7-1-2-9-32-21;29-22-12-25(30)28-26(13-22)33(16-19-5-3-6-20(11-19)21-7-4-9-31-15-21)17-27(28)37(35,36)18-24(34)14-23-8-1-2-10-32-23;1-14-9-18(26-31-14)11-22(28)15(2)32(29,30)23-13-27(21-6-4-3-5-19(21)23)12-16-10-17(24)7-8-20(16)25;24-16-9-20(25)23-21(10-16)29(12-15-4-3-6-18(8-15)28-26)13-22(23)33(31,32)14-19(30)11-17-5-1-2-7-27-17;/h1-13,16H,14-15,17H2;1-13,15,17H,14,16,18H2;3-10,13,15H,11-12H2,1-2H3;1-10,13,26H,11-12,14H2;1H4/p+1. The van der Waals surface area contributed by atoms with Crippen LogP contribution in [0.15, 0.2) is 332 Å². The fourth-order valence-corrected chi connectivity index (χ4v) is 22.6. The highest BCUT2D eigenvalue weighted by Crippen LogP contribution is 2.38. The van der Waals surface area contributed by atoms with Crippen molar-refractivity contribution in [2.45, 2.75) is 98.0 Å². The molecule has 10 heterocycles. The lowest BCUT2D eigenvalue weighted by Gasteiger charge is -2.10. The third-order valence-electron chi connectivity index (χ3n) is 22.4. The van der Waals surface area contributed by atoms with Crippen molar-refractivity contribution in [2.24, 2.45) is 5.11 Å². The van der Waals surface area contributed by atoms with Crippen LogP contribution < -0.4 is 5.53 Å². The molecular weight excluding hydrogens is 1990 g/mol. The van der Waals surface area contributed by atoms with Gasteiger partial charge in [-0.2, -0.15) is 5.53 Å². The first-order valence-corrected chi connectivity index (χ1v) is 50.4. The molecule has 0 aliphatic heterocycles. The van der Waals surface area contributed by atoms with Crippen molar-refractivity contribution in [1.82, 2.24) is 48.3 Å². The van der Waals surface area contributed by atoms with Crippen molar-refractivity contribution in [3.63, 3.8) is 0 Å². The van der Waals surface area contributed by atoms with Gasteiger partial charge in [0.1, 0.15) is 79.8 Å². The van der Waals surface area contributed by atoms with E-state index < -0.39 is 120 Å². The number of para-hydroxylation sites is 1. The highest BCUT2D eigenvalue weighted by atomic mass is 79.9. The second kappa shape index (κ2) is 44.2. The van der Waals surface area contributed by atoms with Gasteiger partial charge in [-0.3, -0.25) is 39.1 Å². The van der Waals surface area contributed by atoms with E-state index in [9.17, 15) is 83.6 Å². The zero-order chi connectivity index (χ0) is 99.5. The van der Waals surface area contributed by atoms with Crippen LogP contribution >= 0.6 is 27.5 Å². The number of hydrogen-bond acceptors (Lipinski definition) is 20. The van der Waals surface area contributed by atoms with Gasteiger partial charge in [-0.05, 0) is 174 Å². The summed E-state index contributed by atoms with van der Waals surface area (Å²) in [5.41, 5.74) is 14.2. The molecule has 8 aromatic carbocycles. The summed E-state index contributed by atoms with van der Waals surface area (Å²) in [5, 5.41) is 6.15. The molecule has 0 fully saturated rings. The molecule has 2 N–H and O–H groups in total. The number of ketones is 4. The minimum Gasteiger partial charge on any atom is -0.361 e. The first-order chi connectivity index (χ1) is 66.9. The molecule has 0 saturated carbocycles. The fourth-order valence-electron chi connectivity index (χ4n) is 15.9. The average Bonchev–Trinajstić information content (AvgIpc) is 1.63. The monoisotopic (exact) mass is 2070 g/mol. The highest BCUT2D eigenvalue weighted by Gasteiger charge is 2.35. The predicted molar refractivity (Wildman–Crippen MR) is 521 cm³/mol. The SMILES string of the molecule is C.Cc1cc(CC(=O)C(C)S(=O)(=O)c2cn(Cc3cc(Br)ccc3F)c3ccccc23)no1.O=C(Cc1ccccn1)CS(=O)(=O)c1cn(Cc2cccc(-c3cccnc3)c2)c2cc(F)cc(F)c12.O=C(Cc1ccccn1)CS(=O)(=O)c1cn(Cc2cccc(-c3cccnc3Cl)c2)c2cc(F)cc(F)c12.[NH2+]=Nc1cccc(Cn2cc(S(=O)(=O)CC(=O)Cc3ccccn3)c3c(F)cc(F)cc32)c1. The molecule has 0 spiro atoms. The van der Waals surface area contributed by atoms with Gasteiger partial charge in [0.15, 0.2) is 62.5 Å². The molecule has 0 radical (unpaired) electrons. The number of aromatic nitrogens is 10. The van der Waals surface area contributed by atoms with Gasteiger partial charge in [0.25, 0.3) is 0 Å². The molecule has 720 valence electrons. The Morgan fingerprint density at radius 3 is 1.31 bits per heavy atom. The van der Waals surface area contributed by atoms with Crippen molar-refractivity contribution in [3.05, 3.63) is 400 Å². The van der Waals surface area contributed by atoms with Crippen molar-refractivity contribution >= 4 is 139 Å². The number of benzene rings is 8. The van der Waals surface area contributed by atoms with Gasteiger partial charge in [-0.1, -0.05) is 131 Å². The van der Waals surface area contributed by atoms with Crippen molar-refractivity contribution in [1.29, 1.82) is 0 Å². The Morgan fingerprint density at radius 1 is 0.426 bits per heavy atom. The second-order valence-corrected chi connectivity index (χ2v) is 41.9. The minimum absolute atomic E-state index is 0. The molecule has 10 aromatic heterocycles. The van der Waals surface area contributed by atoms with Crippen LogP contribution in [0.5, 0.6) is 0 Å². The van der Waals surface area contributed by atoms with Crippen molar-refractivity contribution in [3.8, 4) is 22.3 Å². The normalized spacial score (nSPS) is 11.8. The molecule has 38 heteroatoms. The number of carbonyl (C=O) groups excluding carboxylic acids is 4. The minimum atomic E-state index is -4.26. The molecule has 141 heavy (non-hydrogen) atoms. The Bertz CT molecular complexity index is 8290. The largest absolute Gasteiger partial charge is 0.361 e. The number of aryl methyl sites for hydroxylation is 1. The van der Waals surface area contributed by atoms with E-state index in [1.54, 1.807) is 170 Å². The number of pyridine rings is 5.